The van der Waals surface area contributed by atoms with Gasteiger partial charge in [-0.3, -0.25) is 0 Å². The third-order valence-corrected chi connectivity index (χ3v) is 14.6. The van der Waals surface area contributed by atoms with Crippen molar-refractivity contribution in [2.24, 2.45) is 0 Å². The summed E-state index contributed by atoms with van der Waals surface area (Å²) >= 11 is 0. The second-order valence-electron chi connectivity index (χ2n) is 18.1. The van der Waals surface area contributed by atoms with Crippen LogP contribution < -0.4 is 9.80 Å². The number of fused-ring (bicyclic) bond motifs is 12. The summed E-state index contributed by atoms with van der Waals surface area (Å²) in [6.07, 6.45) is 0. The van der Waals surface area contributed by atoms with Crippen LogP contribution in [0.4, 0.5) is 34.1 Å². The molecule has 64 heavy (non-hydrogen) atoms. The number of rotatable bonds is 6. The number of hydrogen-bond donors (Lipinski definition) is 0. The van der Waals surface area contributed by atoms with E-state index in [1.165, 1.54) is 132 Å². The third-order valence-electron chi connectivity index (χ3n) is 14.6. The third kappa shape index (κ3) is 4.94. The fraction of sp³-hybridized carbons (Fsp3) is 0.100. The molecule has 0 aliphatic carbocycles. The van der Waals surface area contributed by atoms with E-state index in [-0.39, 0.29) is 0 Å². The lowest BCUT2D eigenvalue weighted by Gasteiger charge is -2.27. The van der Waals surface area contributed by atoms with Crippen LogP contribution in [0.1, 0.15) is 33.4 Å². The van der Waals surface area contributed by atoms with Crippen molar-refractivity contribution in [2.75, 3.05) is 9.80 Å². The number of benzene rings is 9. The Morgan fingerprint density at radius 2 is 0.656 bits per heavy atom. The molecule has 0 fully saturated rings. The molecule has 306 valence electrons. The first-order valence-electron chi connectivity index (χ1n) is 22.4. The summed E-state index contributed by atoms with van der Waals surface area (Å²) < 4.78 is 5.09. The minimum atomic E-state index is 1.14. The molecule has 4 nitrogen and oxygen atoms in total. The molecule has 0 saturated carbocycles. The number of aromatic nitrogens is 2. The molecule has 0 spiro atoms. The highest BCUT2D eigenvalue weighted by Gasteiger charge is 2.27. The lowest BCUT2D eigenvalue weighted by atomic mass is 10.0. The molecule has 0 radical (unpaired) electrons. The van der Waals surface area contributed by atoms with Crippen molar-refractivity contribution in [3.63, 3.8) is 0 Å². The summed E-state index contributed by atoms with van der Waals surface area (Å²) in [5, 5.41) is 10.1. The molecule has 13 aromatic rings. The quantitative estimate of drug-likeness (QED) is 0.166. The predicted molar refractivity (Wildman–Crippen MR) is 274 cm³/mol. The molecular weight excluding hydrogens is 777 g/mol. The van der Waals surface area contributed by atoms with Crippen LogP contribution in [0.3, 0.4) is 0 Å². The van der Waals surface area contributed by atoms with Gasteiger partial charge in [0.25, 0.3) is 0 Å². The number of nitrogens with zero attached hydrogens (tertiary/aromatic N) is 4. The zero-order valence-corrected chi connectivity index (χ0v) is 37.0. The Bertz CT molecular complexity index is 3710. The number of anilines is 6. The van der Waals surface area contributed by atoms with Gasteiger partial charge in [-0.05, 0) is 160 Å². The Hall–Kier alpha value is -7.82. The SMILES string of the molecule is Cc1cc(N(c2ccccc2)c2cccc3c2c2cccc4c5cc6c(cc5n3c42)c2cccc3c4c(N(c5ccccc5)c5cc(C)c(C)c(C)c5)cccc4n6c23)cc(C)c1C. The standard InChI is InChI=1S/C60H46N4/c1-35-29-43(30-36(2)39(35)5)61(41-17-9-7-10-18-41)51-25-15-27-53-57(51)47-23-13-21-45-49-34-56-50(33-55(49)63(53)59(45)47)46-22-14-24-48-58-52(26-16-28-54(58)64(56)60(46)48)62(42-19-11-8-12-20-42)44-31-37(3)40(6)38(4)32-44/h7-34H,1-6H3. The van der Waals surface area contributed by atoms with E-state index in [9.17, 15) is 0 Å². The van der Waals surface area contributed by atoms with Gasteiger partial charge in [0.1, 0.15) is 0 Å². The average molecular weight is 823 g/mol. The number of hydrogen-bond acceptors (Lipinski definition) is 2. The molecule has 4 heteroatoms. The maximum absolute atomic E-state index is 2.54. The summed E-state index contributed by atoms with van der Waals surface area (Å²) in [5.74, 6) is 0. The topological polar surface area (TPSA) is 15.3 Å². The second-order valence-corrected chi connectivity index (χ2v) is 18.1. The Kier molecular flexibility index (Phi) is 7.67. The molecular formula is C60H46N4. The maximum Gasteiger partial charge on any atom is 0.0621 e. The van der Waals surface area contributed by atoms with Crippen LogP contribution in [-0.4, -0.2) is 8.80 Å². The van der Waals surface area contributed by atoms with E-state index in [1.54, 1.807) is 0 Å². The maximum atomic E-state index is 2.54. The van der Waals surface area contributed by atoms with Crippen molar-refractivity contribution in [2.45, 2.75) is 41.5 Å². The van der Waals surface area contributed by atoms with Crippen molar-refractivity contribution >= 4 is 110 Å². The van der Waals surface area contributed by atoms with Gasteiger partial charge in [-0.2, -0.15) is 0 Å². The van der Waals surface area contributed by atoms with Crippen molar-refractivity contribution in [3.8, 4) is 0 Å². The van der Waals surface area contributed by atoms with Crippen LogP contribution in [0.15, 0.2) is 170 Å². The van der Waals surface area contributed by atoms with Gasteiger partial charge in [0, 0.05) is 65.8 Å². The fourth-order valence-electron chi connectivity index (χ4n) is 11.2. The van der Waals surface area contributed by atoms with Crippen molar-refractivity contribution < 1.29 is 0 Å². The monoisotopic (exact) mass is 822 g/mol. The summed E-state index contributed by atoms with van der Waals surface area (Å²) in [7, 11) is 0. The van der Waals surface area contributed by atoms with E-state index in [1.807, 2.05) is 0 Å². The molecule has 0 aliphatic rings. The van der Waals surface area contributed by atoms with Gasteiger partial charge in [0.15, 0.2) is 0 Å². The summed E-state index contributed by atoms with van der Waals surface area (Å²) in [6, 6.07) is 63.5. The summed E-state index contributed by atoms with van der Waals surface area (Å²) in [4.78, 5) is 4.91. The lowest BCUT2D eigenvalue weighted by molar-refractivity contribution is 1.22. The normalized spacial score (nSPS) is 12.2. The van der Waals surface area contributed by atoms with Crippen LogP contribution in [0.5, 0.6) is 0 Å². The highest BCUT2D eigenvalue weighted by molar-refractivity contribution is 6.31. The lowest BCUT2D eigenvalue weighted by Crippen LogP contribution is -2.11. The molecule has 0 aliphatic heterocycles. The first kappa shape index (κ1) is 36.8. The molecule has 4 heterocycles. The van der Waals surface area contributed by atoms with Gasteiger partial charge < -0.3 is 18.6 Å². The fourth-order valence-corrected chi connectivity index (χ4v) is 11.2. The van der Waals surface area contributed by atoms with Gasteiger partial charge in [-0.25, -0.2) is 0 Å². The molecule has 0 N–H and O–H groups in total. The van der Waals surface area contributed by atoms with Crippen molar-refractivity contribution in [3.05, 3.63) is 203 Å². The first-order valence-corrected chi connectivity index (χ1v) is 22.4. The van der Waals surface area contributed by atoms with Crippen LogP contribution in [0.25, 0.3) is 76.2 Å². The van der Waals surface area contributed by atoms with Crippen LogP contribution in [-0.2, 0) is 0 Å². The minimum Gasteiger partial charge on any atom is -0.310 e. The molecule has 0 bridgehead atoms. The van der Waals surface area contributed by atoms with E-state index in [4.69, 9.17) is 0 Å². The van der Waals surface area contributed by atoms with E-state index < -0.39 is 0 Å². The average Bonchev–Trinajstić information content (AvgIpc) is 4.04. The Morgan fingerprint density at radius 3 is 1.05 bits per heavy atom. The summed E-state index contributed by atoms with van der Waals surface area (Å²) in [5.41, 5.74) is 22.3. The Labute approximate surface area is 372 Å². The Balaban J connectivity index is 1.09. The van der Waals surface area contributed by atoms with Crippen molar-refractivity contribution in [1.82, 2.24) is 8.80 Å². The molecule has 0 amide bonds. The first-order chi connectivity index (χ1) is 31.3. The van der Waals surface area contributed by atoms with Gasteiger partial charge in [0.05, 0.1) is 44.5 Å². The van der Waals surface area contributed by atoms with Crippen molar-refractivity contribution in [1.29, 1.82) is 0 Å². The zero-order chi connectivity index (χ0) is 43.1. The largest absolute Gasteiger partial charge is 0.310 e. The van der Waals surface area contributed by atoms with Crippen LogP contribution in [0.2, 0.25) is 0 Å². The van der Waals surface area contributed by atoms with Gasteiger partial charge in [-0.15, -0.1) is 0 Å². The van der Waals surface area contributed by atoms with E-state index >= 15 is 0 Å². The van der Waals surface area contributed by atoms with Gasteiger partial charge >= 0.3 is 0 Å². The van der Waals surface area contributed by atoms with Crippen LogP contribution >= 0.6 is 0 Å². The zero-order valence-electron chi connectivity index (χ0n) is 37.0. The van der Waals surface area contributed by atoms with E-state index in [2.05, 4.69) is 230 Å². The highest BCUT2D eigenvalue weighted by atomic mass is 15.2. The number of para-hydroxylation sites is 4. The number of aryl methyl sites for hydroxylation is 4. The minimum absolute atomic E-state index is 1.14. The van der Waals surface area contributed by atoms with Crippen LogP contribution in [0, 0.1) is 41.5 Å². The molecule has 0 atom stereocenters. The summed E-state index contributed by atoms with van der Waals surface area (Å²) in [6.45, 7) is 13.4. The van der Waals surface area contributed by atoms with E-state index in [0.717, 1.165) is 11.4 Å². The highest BCUT2D eigenvalue weighted by Crippen LogP contribution is 2.50. The van der Waals surface area contributed by atoms with Gasteiger partial charge in [-0.1, -0.05) is 84.9 Å². The smallest absolute Gasteiger partial charge is 0.0621 e. The predicted octanol–water partition coefficient (Wildman–Crippen LogP) is 16.8. The molecule has 13 rings (SSSR count). The molecule has 0 unspecified atom stereocenters. The molecule has 0 saturated heterocycles. The van der Waals surface area contributed by atoms with E-state index in [0.29, 0.717) is 0 Å². The van der Waals surface area contributed by atoms with Gasteiger partial charge in [0.2, 0.25) is 0 Å². The molecule has 9 aromatic carbocycles. The Morgan fingerprint density at radius 1 is 0.297 bits per heavy atom. The second kappa shape index (κ2) is 13.3. The molecule has 4 aromatic heterocycles.